The molecule has 2 unspecified atom stereocenters. The lowest BCUT2D eigenvalue weighted by Gasteiger charge is -2.35. The summed E-state index contributed by atoms with van der Waals surface area (Å²) in [6, 6.07) is 0.525. The first kappa shape index (κ1) is 18.2. The van der Waals surface area contributed by atoms with Gasteiger partial charge in [-0.15, -0.1) is 0 Å². The molecule has 24 heavy (non-hydrogen) atoms. The molecule has 0 bridgehead atoms. The van der Waals surface area contributed by atoms with Crippen molar-refractivity contribution < 1.29 is 13.2 Å². The van der Waals surface area contributed by atoms with E-state index in [1.54, 1.807) is 0 Å². The van der Waals surface area contributed by atoms with E-state index in [0.29, 0.717) is 19.0 Å². The maximum atomic E-state index is 13.0. The van der Waals surface area contributed by atoms with E-state index in [-0.39, 0.29) is 34.9 Å². The monoisotopic (exact) mass is 356 g/mol. The van der Waals surface area contributed by atoms with Gasteiger partial charge >= 0.3 is 0 Å². The number of nitrogens with zero attached hydrogens (tertiary/aromatic N) is 1. The van der Waals surface area contributed by atoms with Gasteiger partial charge in [0.15, 0.2) is 9.84 Å². The highest BCUT2D eigenvalue weighted by atomic mass is 32.2. The van der Waals surface area contributed by atoms with Gasteiger partial charge in [0.2, 0.25) is 5.91 Å². The normalized spacial score (nSPS) is 32.2. The Bertz CT molecular complexity index is 567. The lowest BCUT2D eigenvalue weighted by atomic mass is 9.87. The lowest BCUT2D eigenvalue weighted by molar-refractivity contribution is -0.134. The van der Waals surface area contributed by atoms with Gasteiger partial charge in [-0.2, -0.15) is 0 Å². The van der Waals surface area contributed by atoms with E-state index >= 15 is 0 Å². The van der Waals surface area contributed by atoms with Crippen LogP contribution in [0.3, 0.4) is 0 Å². The van der Waals surface area contributed by atoms with E-state index in [2.05, 4.69) is 19.2 Å². The molecule has 0 aromatic carbocycles. The van der Waals surface area contributed by atoms with Crippen LogP contribution in [0.1, 0.15) is 65.2 Å². The zero-order valence-electron chi connectivity index (χ0n) is 15.1. The molecule has 138 valence electrons. The van der Waals surface area contributed by atoms with Crippen LogP contribution in [0.5, 0.6) is 0 Å². The Labute approximate surface area is 146 Å². The Kier molecular flexibility index (Phi) is 5.26. The number of sulfone groups is 1. The van der Waals surface area contributed by atoms with Crippen LogP contribution < -0.4 is 5.32 Å². The molecular formula is C18H32N2O3S. The zero-order valence-corrected chi connectivity index (χ0v) is 15.9. The van der Waals surface area contributed by atoms with Crippen LogP contribution in [0.4, 0.5) is 0 Å². The largest absolute Gasteiger partial charge is 0.335 e. The van der Waals surface area contributed by atoms with Crippen LogP contribution in [0, 0.1) is 5.41 Å². The molecule has 2 aliphatic carbocycles. The number of amides is 1. The minimum atomic E-state index is -2.97. The van der Waals surface area contributed by atoms with Gasteiger partial charge in [-0.3, -0.25) is 4.79 Å². The summed E-state index contributed by atoms with van der Waals surface area (Å²) in [5, 5.41) is 3.48. The van der Waals surface area contributed by atoms with E-state index in [1.165, 1.54) is 12.8 Å². The van der Waals surface area contributed by atoms with Crippen LogP contribution in [0.2, 0.25) is 0 Å². The molecule has 1 saturated heterocycles. The van der Waals surface area contributed by atoms with E-state index in [4.69, 9.17) is 0 Å². The second-order valence-corrected chi connectivity index (χ2v) is 10.8. The topological polar surface area (TPSA) is 66.5 Å². The maximum Gasteiger partial charge on any atom is 0.237 e. The summed E-state index contributed by atoms with van der Waals surface area (Å²) in [7, 11) is -2.97. The lowest BCUT2D eigenvalue weighted by Crippen LogP contribution is -2.52. The molecule has 3 rings (SSSR count). The van der Waals surface area contributed by atoms with Gasteiger partial charge in [0.05, 0.1) is 18.1 Å². The molecule has 0 aromatic heterocycles. The average Bonchev–Trinajstić information content (AvgIpc) is 3.19. The van der Waals surface area contributed by atoms with Gasteiger partial charge in [-0.05, 0) is 37.5 Å². The number of carbonyl (C=O) groups is 1. The summed E-state index contributed by atoms with van der Waals surface area (Å²) in [5.74, 6) is 0.494. The molecule has 1 aliphatic heterocycles. The minimum Gasteiger partial charge on any atom is -0.335 e. The van der Waals surface area contributed by atoms with E-state index in [1.807, 2.05) is 4.90 Å². The van der Waals surface area contributed by atoms with Crippen molar-refractivity contribution in [2.75, 3.05) is 18.1 Å². The van der Waals surface area contributed by atoms with Gasteiger partial charge in [-0.1, -0.05) is 33.1 Å². The van der Waals surface area contributed by atoms with E-state index in [9.17, 15) is 13.2 Å². The third kappa shape index (κ3) is 3.96. The minimum absolute atomic E-state index is 0.103. The van der Waals surface area contributed by atoms with Gasteiger partial charge in [0.1, 0.15) is 0 Å². The molecule has 1 amide bonds. The summed E-state index contributed by atoms with van der Waals surface area (Å²) >= 11 is 0. The molecular weight excluding hydrogens is 324 g/mol. The Hall–Kier alpha value is -0.620. The number of hydrogen-bond acceptors (Lipinski definition) is 4. The molecule has 1 N–H and O–H groups in total. The summed E-state index contributed by atoms with van der Waals surface area (Å²) in [6.45, 7) is 4.88. The molecule has 3 aliphatic rings. The van der Waals surface area contributed by atoms with Crippen molar-refractivity contribution >= 4 is 15.7 Å². The molecule has 3 fully saturated rings. The highest BCUT2D eigenvalue weighted by Gasteiger charge is 2.40. The Balaban J connectivity index is 1.65. The molecule has 1 heterocycles. The Morgan fingerprint density at radius 2 is 1.79 bits per heavy atom. The first-order valence-corrected chi connectivity index (χ1v) is 11.4. The van der Waals surface area contributed by atoms with Gasteiger partial charge in [-0.25, -0.2) is 8.42 Å². The van der Waals surface area contributed by atoms with Crippen LogP contribution in [-0.4, -0.2) is 55.4 Å². The summed E-state index contributed by atoms with van der Waals surface area (Å²) in [5.41, 5.74) is 0.245. The molecule has 5 nitrogen and oxygen atoms in total. The van der Waals surface area contributed by atoms with Crippen LogP contribution >= 0.6 is 0 Å². The third-order valence-electron chi connectivity index (χ3n) is 6.36. The van der Waals surface area contributed by atoms with Crippen molar-refractivity contribution in [3.63, 3.8) is 0 Å². The SMILES string of the molecule is CC1(C)CCCC1NCC(=O)N(C1CCCC1)C1CCS(=O)(=O)C1. The van der Waals surface area contributed by atoms with Crippen molar-refractivity contribution in [1.29, 1.82) is 0 Å². The second kappa shape index (κ2) is 6.94. The van der Waals surface area contributed by atoms with Crippen molar-refractivity contribution in [3.8, 4) is 0 Å². The molecule has 6 heteroatoms. The van der Waals surface area contributed by atoms with E-state index < -0.39 is 9.84 Å². The number of rotatable bonds is 5. The summed E-state index contributed by atoms with van der Waals surface area (Å²) in [4.78, 5) is 14.9. The van der Waals surface area contributed by atoms with Crippen molar-refractivity contribution in [1.82, 2.24) is 10.2 Å². The van der Waals surface area contributed by atoms with Crippen molar-refractivity contribution in [3.05, 3.63) is 0 Å². The summed E-state index contributed by atoms with van der Waals surface area (Å²) in [6.07, 6.45) is 8.50. The van der Waals surface area contributed by atoms with Crippen molar-refractivity contribution in [2.24, 2.45) is 5.41 Å². The predicted molar refractivity (Wildman–Crippen MR) is 95.6 cm³/mol. The highest BCUT2D eigenvalue weighted by Crippen LogP contribution is 2.37. The summed E-state index contributed by atoms with van der Waals surface area (Å²) < 4.78 is 23.8. The predicted octanol–water partition coefficient (Wildman–Crippen LogP) is 2.11. The van der Waals surface area contributed by atoms with Crippen LogP contribution in [-0.2, 0) is 14.6 Å². The van der Waals surface area contributed by atoms with E-state index in [0.717, 1.165) is 32.1 Å². The van der Waals surface area contributed by atoms with Gasteiger partial charge < -0.3 is 10.2 Å². The van der Waals surface area contributed by atoms with Crippen LogP contribution in [0.25, 0.3) is 0 Å². The Morgan fingerprint density at radius 3 is 2.33 bits per heavy atom. The second-order valence-electron chi connectivity index (χ2n) is 8.61. The molecule has 2 saturated carbocycles. The fourth-order valence-electron chi connectivity index (χ4n) is 4.89. The zero-order chi connectivity index (χ0) is 17.4. The molecule has 0 aromatic rings. The maximum absolute atomic E-state index is 13.0. The highest BCUT2D eigenvalue weighted by molar-refractivity contribution is 7.91. The molecule has 2 atom stereocenters. The Morgan fingerprint density at radius 1 is 1.08 bits per heavy atom. The van der Waals surface area contributed by atoms with Crippen molar-refractivity contribution in [2.45, 2.75) is 83.3 Å². The third-order valence-corrected chi connectivity index (χ3v) is 8.12. The smallest absolute Gasteiger partial charge is 0.237 e. The standard InChI is InChI=1S/C18H32N2O3S/c1-18(2)10-5-8-16(18)19-12-17(21)20(14-6-3-4-7-14)15-9-11-24(22,23)13-15/h14-16,19H,3-13H2,1-2H3. The van der Waals surface area contributed by atoms with Gasteiger partial charge in [0.25, 0.3) is 0 Å². The average molecular weight is 357 g/mol. The molecule has 0 spiro atoms. The fourth-order valence-corrected chi connectivity index (χ4v) is 6.60. The molecule has 0 radical (unpaired) electrons. The first-order valence-electron chi connectivity index (χ1n) is 9.53. The number of nitrogens with one attached hydrogen (secondary N) is 1. The first-order chi connectivity index (χ1) is 11.3. The van der Waals surface area contributed by atoms with Crippen LogP contribution in [0.15, 0.2) is 0 Å². The number of hydrogen-bond donors (Lipinski definition) is 1. The number of carbonyl (C=O) groups excluding carboxylic acids is 1. The fraction of sp³-hybridized carbons (Fsp3) is 0.944. The van der Waals surface area contributed by atoms with Gasteiger partial charge in [0, 0.05) is 18.1 Å². The quantitative estimate of drug-likeness (QED) is 0.819.